The average Bonchev–Trinajstić information content (AvgIpc) is 2.68. The minimum Gasteiger partial charge on any atom is -0.476 e. The van der Waals surface area contributed by atoms with Gasteiger partial charge in [0.15, 0.2) is 11.4 Å². The van der Waals surface area contributed by atoms with E-state index in [9.17, 15) is 22.8 Å². The van der Waals surface area contributed by atoms with E-state index >= 15 is 0 Å². The highest BCUT2D eigenvalue weighted by Crippen LogP contribution is 2.30. The minimum absolute atomic E-state index is 0.161. The molecule has 7 heteroatoms. The molecule has 0 radical (unpaired) electrons. The molecule has 0 heterocycles. The molecule has 0 unspecified atom stereocenters. The van der Waals surface area contributed by atoms with Gasteiger partial charge in [0.2, 0.25) is 0 Å². The lowest BCUT2D eigenvalue weighted by Crippen LogP contribution is -2.40. The van der Waals surface area contributed by atoms with Crippen molar-refractivity contribution >= 4 is 17.8 Å². The van der Waals surface area contributed by atoms with Gasteiger partial charge >= 0.3 is 12.1 Å². The summed E-state index contributed by atoms with van der Waals surface area (Å²) in [5.74, 6) is -0.336. The molecule has 31 heavy (non-hydrogen) atoms. The Balaban J connectivity index is 2.18. The average molecular weight is 434 g/mol. The number of hydrogen-bond donors (Lipinski definition) is 0. The molecule has 2 aromatic carbocycles. The fourth-order valence-corrected chi connectivity index (χ4v) is 2.93. The Morgan fingerprint density at radius 2 is 1.55 bits per heavy atom. The number of aryl methyl sites for hydroxylation is 2. The Morgan fingerprint density at radius 3 is 2.03 bits per heavy atom. The van der Waals surface area contributed by atoms with E-state index in [0.29, 0.717) is 5.75 Å². The highest BCUT2D eigenvalue weighted by atomic mass is 19.4. The molecular weight excluding hydrogens is 409 g/mol. The zero-order chi connectivity index (χ0) is 23.4. The van der Waals surface area contributed by atoms with Crippen LogP contribution in [0.4, 0.5) is 13.2 Å². The van der Waals surface area contributed by atoms with Crippen LogP contribution >= 0.6 is 0 Å². The lowest BCUT2D eigenvalue weighted by atomic mass is 10.0. The summed E-state index contributed by atoms with van der Waals surface area (Å²) in [5, 5.41) is 0. The lowest BCUT2D eigenvalue weighted by molar-refractivity contribution is -0.158. The van der Waals surface area contributed by atoms with Crippen LogP contribution < -0.4 is 4.74 Å². The molecule has 2 rings (SSSR count). The van der Waals surface area contributed by atoms with Gasteiger partial charge in [-0.1, -0.05) is 18.2 Å². The molecule has 0 spiro atoms. The zero-order valence-corrected chi connectivity index (χ0v) is 18.1. The van der Waals surface area contributed by atoms with E-state index in [4.69, 9.17) is 9.47 Å². The smallest absolute Gasteiger partial charge is 0.416 e. The summed E-state index contributed by atoms with van der Waals surface area (Å²) >= 11 is 0. The van der Waals surface area contributed by atoms with Gasteiger partial charge in [-0.05, 0) is 81.7 Å². The summed E-state index contributed by atoms with van der Waals surface area (Å²) in [5.41, 5.74) is 0.436. The number of allylic oxidation sites excluding steroid dienone is 1. The SMILES string of the molecule is CCOC(=O)C(C)(C)Oc1c(C)cc(C=CC(=O)c2ccc(C(F)(F)F)cc2)cc1C. The molecule has 0 atom stereocenters. The topological polar surface area (TPSA) is 52.6 Å². The van der Waals surface area contributed by atoms with Gasteiger partial charge in [0, 0.05) is 5.56 Å². The predicted molar refractivity (Wildman–Crippen MR) is 112 cm³/mol. The summed E-state index contributed by atoms with van der Waals surface area (Å²) in [6, 6.07) is 7.65. The third-order valence-electron chi connectivity index (χ3n) is 4.53. The summed E-state index contributed by atoms with van der Waals surface area (Å²) in [6.07, 6.45) is -1.56. The minimum atomic E-state index is -4.45. The molecule has 0 aliphatic heterocycles. The molecule has 2 aromatic rings. The van der Waals surface area contributed by atoms with Crippen molar-refractivity contribution in [1.82, 2.24) is 0 Å². The van der Waals surface area contributed by atoms with Gasteiger partial charge in [-0.25, -0.2) is 4.79 Å². The first kappa shape index (κ1) is 24.2. The number of hydrogen-bond acceptors (Lipinski definition) is 4. The molecule has 4 nitrogen and oxygen atoms in total. The van der Waals surface area contributed by atoms with E-state index in [0.717, 1.165) is 41.0 Å². The normalized spacial score (nSPS) is 12.1. The van der Waals surface area contributed by atoms with Gasteiger partial charge in [-0.2, -0.15) is 13.2 Å². The molecular formula is C24H25F3O4. The van der Waals surface area contributed by atoms with E-state index in [1.54, 1.807) is 39.0 Å². The summed E-state index contributed by atoms with van der Waals surface area (Å²) in [4.78, 5) is 24.4. The van der Waals surface area contributed by atoms with Crippen molar-refractivity contribution in [1.29, 1.82) is 0 Å². The third kappa shape index (κ3) is 6.20. The van der Waals surface area contributed by atoms with Gasteiger partial charge in [0.1, 0.15) is 5.75 Å². The number of rotatable bonds is 7. The molecule has 0 aliphatic rings. The molecule has 0 saturated heterocycles. The molecule has 0 bridgehead atoms. The van der Waals surface area contributed by atoms with Gasteiger partial charge in [-0.15, -0.1) is 0 Å². The molecule has 0 aromatic heterocycles. The van der Waals surface area contributed by atoms with Crippen molar-refractivity contribution in [3.63, 3.8) is 0 Å². The molecule has 0 amide bonds. The van der Waals surface area contributed by atoms with Gasteiger partial charge in [-0.3, -0.25) is 4.79 Å². The highest BCUT2D eigenvalue weighted by molar-refractivity contribution is 6.06. The Hall–Kier alpha value is -3.09. The van der Waals surface area contributed by atoms with Crippen molar-refractivity contribution in [2.45, 2.75) is 46.4 Å². The maximum Gasteiger partial charge on any atom is 0.416 e. The fourth-order valence-electron chi connectivity index (χ4n) is 2.93. The Bertz CT molecular complexity index is 964. The number of ketones is 1. The van der Waals surface area contributed by atoms with Crippen LogP contribution in [0.1, 0.15) is 53.4 Å². The molecule has 0 fully saturated rings. The Labute approximate surface area is 179 Å². The van der Waals surface area contributed by atoms with Crippen LogP contribution in [0.25, 0.3) is 6.08 Å². The van der Waals surface area contributed by atoms with Crippen molar-refractivity contribution in [2.75, 3.05) is 6.61 Å². The van der Waals surface area contributed by atoms with Crippen LogP contribution in [-0.2, 0) is 15.7 Å². The second kappa shape index (κ2) is 9.37. The standard InChI is InChI=1S/C24H25F3O4/c1-6-30-22(29)23(4,5)31-21-15(2)13-17(14-16(21)3)7-12-20(28)18-8-10-19(11-9-18)24(25,26)27/h7-14H,6H2,1-5H3. The van der Waals surface area contributed by atoms with Crippen molar-refractivity contribution in [3.8, 4) is 5.75 Å². The molecule has 0 N–H and O–H groups in total. The maximum absolute atomic E-state index is 12.6. The quantitative estimate of drug-likeness (QED) is 0.308. The molecule has 0 aliphatic carbocycles. The number of ether oxygens (including phenoxy) is 2. The number of carbonyl (C=O) groups is 2. The number of esters is 1. The fraction of sp³-hybridized carbons (Fsp3) is 0.333. The van der Waals surface area contributed by atoms with Gasteiger partial charge in [0.25, 0.3) is 0 Å². The molecule has 166 valence electrons. The van der Waals surface area contributed by atoms with E-state index < -0.39 is 29.1 Å². The number of benzene rings is 2. The van der Waals surface area contributed by atoms with Crippen molar-refractivity contribution < 1.29 is 32.2 Å². The van der Waals surface area contributed by atoms with E-state index in [1.807, 2.05) is 13.8 Å². The summed E-state index contributed by atoms with van der Waals surface area (Å²) in [6.45, 7) is 8.86. The largest absolute Gasteiger partial charge is 0.476 e. The first-order chi connectivity index (χ1) is 14.3. The lowest BCUT2D eigenvalue weighted by Gasteiger charge is -2.26. The van der Waals surface area contributed by atoms with Crippen LogP contribution in [0.5, 0.6) is 5.75 Å². The van der Waals surface area contributed by atoms with Crippen LogP contribution in [0.15, 0.2) is 42.5 Å². The third-order valence-corrected chi connectivity index (χ3v) is 4.53. The zero-order valence-electron chi connectivity index (χ0n) is 18.1. The van der Waals surface area contributed by atoms with Gasteiger partial charge in [0.05, 0.1) is 12.2 Å². The molecule has 0 saturated carbocycles. The first-order valence-electron chi connectivity index (χ1n) is 9.72. The van der Waals surface area contributed by atoms with Crippen LogP contribution in [0.3, 0.4) is 0 Å². The number of alkyl halides is 3. The van der Waals surface area contributed by atoms with E-state index in [2.05, 4.69) is 0 Å². The second-order valence-electron chi connectivity index (χ2n) is 7.59. The predicted octanol–water partition coefficient (Wildman–Crippen LogP) is 5.94. The summed E-state index contributed by atoms with van der Waals surface area (Å²) < 4.78 is 48.9. The van der Waals surface area contributed by atoms with E-state index in [-0.39, 0.29) is 12.2 Å². The highest BCUT2D eigenvalue weighted by Gasteiger charge is 2.32. The van der Waals surface area contributed by atoms with Crippen LogP contribution in [-0.4, -0.2) is 24.0 Å². The van der Waals surface area contributed by atoms with Crippen molar-refractivity contribution in [3.05, 3.63) is 70.3 Å². The summed E-state index contributed by atoms with van der Waals surface area (Å²) in [7, 11) is 0. The Morgan fingerprint density at radius 1 is 1.00 bits per heavy atom. The van der Waals surface area contributed by atoms with Crippen LogP contribution in [0.2, 0.25) is 0 Å². The van der Waals surface area contributed by atoms with Gasteiger partial charge < -0.3 is 9.47 Å². The Kier molecular flexibility index (Phi) is 7.31. The first-order valence-corrected chi connectivity index (χ1v) is 9.72. The van der Waals surface area contributed by atoms with Crippen molar-refractivity contribution in [2.24, 2.45) is 0 Å². The van der Waals surface area contributed by atoms with E-state index in [1.165, 1.54) is 6.08 Å². The number of carbonyl (C=O) groups excluding carboxylic acids is 2. The monoisotopic (exact) mass is 434 g/mol. The second-order valence-corrected chi connectivity index (χ2v) is 7.59. The van der Waals surface area contributed by atoms with Crippen LogP contribution in [0, 0.1) is 13.8 Å². The maximum atomic E-state index is 12.6. The number of halogens is 3.